The number of fused-ring (bicyclic) bond motifs is 1. The van der Waals surface area contributed by atoms with Gasteiger partial charge < -0.3 is 14.4 Å². The number of ether oxygens (including phenoxy) is 2. The summed E-state index contributed by atoms with van der Waals surface area (Å²) in [6.45, 7) is 2.90. The molecule has 6 nitrogen and oxygen atoms in total. The molecule has 0 aliphatic carbocycles. The molecule has 110 valence electrons. The number of nitrogens with one attached hydrogen (secondary N) is 1. The van der Waals surface area contributed by atoms with Crippen LogP contribution in [0.1, 0.15) is 12.8 Å². The summed E-state index contributed by atoms with van der Waals surface area (Å²) in [6, 6.07) is 7.93. The first-order valence-corrected chi connectivity index (χ1v) is 6.86. The molecule has 20 heavy (non-hydrogen) atoms. The number of para-hydroxylation sites is 2. The van der Waals surface area contributed by atoms with Crippen molar-refractivity contribution in [3.63, 3.8) is 0 Å². The summed E-state index contributed by atoms with van der Waals surface area (Å²) >= 11 is 0. The Morgan fingerprint density at radius 1 is 1.50 bits per heavy atom. The first-order chi connectivity index (χ1) is 9.86. The molecule has 0 saturated heterocycles. The number of nitrogens with two attached hydrogens (primary N) is 1. The first-order valence-electron chi connectivity index (χ1n) is 6.86. The molecule has 1 heterocycles. The van der Waals surface area contributed by atoms with E-state index >= 15 is 0 Å². The fourth-order valence-electron chi connectivity index (χ4n) is 2.15. The van der Waals surface area contributed by atoms with Gasteiger partial charge in [-0.05, 0) is 25.0 Å². The van der Waals surface area contributed by atoms with E-state index in [-0.39, 0.29) is 0 Å². The third-order valence-electron chi connectivity index (χ3n) is 3.09. The molecule has 0 amide bonds. The van der Waals surface area contributed by atoms with Crippen LogP contribution in [0.3, 0.4) is 0 Å². The standard InChI is InChI=1S/C14H22N4O2/c1-19-10-4-8-16-14(17-15)18-9-5-11-20-13-7-3-2-6-12(13)18/h2-3,6-7H,4-5,8-11,15H2,1H3,(H,16,17). The number of aliphatic imine (C=N–C) groups is 1. The molecule has 6 heteroatoms. The molecule has 0 radical (unpaired) electrons. The molecule has 2 rings (SSSR count). The predicted molar refractivity (Wildman–Crippen MR) is 80.0 cm³/mol. The maximum atomic E-state index is 5.73. The van der Waals surface area contributed by atoms with Gasteiger partial charge in [-0.1, -0.05) is 12.1 Å². The van der Waals surface area contributed by atoms with Gasteiger partial charge in [0.2, 0.25) is 5.96 Å². The van der Waals surface area contributed by atoms with Crippen molar-refractivity contribution in [1.29, 1.82) is 0 Å². The van der Waals surface area contributed by atoms with Gasteiger partial charge in [0.05, 0.1) is 12.3 Å². The van der Waals surface area contributed by atoms with Crippen LogP contribution in [0.15, 0.2) is 29.3 Å². The van der Waals surface area contributed by atoms with Crippen LogP contribution in [-0.2, 0) is 4.74 Å². The number of guanidine groups is 1. The number of hydrogen-bond acceptors (Lipinski definition) is 4. The first kappa shape index (κ1) is 14.6. The normalized spacial score (nSPS) is 15.3. The summed E-state index contributed by atoms with van der Waals surface area (Å²) in [5.74, 6) is 7.16. The van der Waals surface area contributed by atoms with Gasteiger partial charge in [-0.15, -0.1) is 0 Å². The minimum Gasteiger partial charge on any atom is -0.491 e. The zero-order valence-corrected chi connectivity index (χ0v) is 11.8. The van der Waals surface area contributed by atoms with Gasteiger partial charge in [-0.2, -0.15) is 0 Å². The second kappa shape index (κ2) is 7.72. The lowest BCUT2D eigenvalue weighted by atomic mass is 10.2. The molecule has 0 aromatic heterocycles. The quantitative estimate of drug-likeness (QED) is 0.284. The third kappa shape index (κ3) is 3.61. The predicted octanol–water partition coefficient (Wildman–Crippen LogP) is 1.13. The van der Waals surface area contributed by atoms with Crippen LogP contribution in [0.2, 0.25) is 0 Å². The van der Waals surface area contributed by atoms with E-state index < -0.39 is 0 Å². The van der Waals surface area contributed by atoms with Gasteiger partial charge in [-0.25, -0.2) is 5.84 Å². The molecule has 3 N–H and O–H groups in total. The Morgan fingerprint density at radius 2 is 2.35 bits per heavy atom. The summed E-state index contributed by atoms with van der Waals surface area (Å²) in [4.78, 5) is 6.58. The molecule has 0 atom stereocenters. The monoisotopic (exact) mass is 278 g/mol. The van der Waals surface area contributed by atoms with Gasteiger partial charge in [0.25, 0.3) is 0 Å². The SMILES string of the molecule is COCCCN=C(NN)N1CCCOc2ccccc21. The Hall–Kier alpha value is -1.79. The average molecular weight is 278 g/mol. The molecular weight excluding hydrogens is 256 g/mol. The lowest BCUT2D eigenvalue weighted by Gasteiger charge is -2.24. The molecule has 0 spiro atoms. The molecule has 0 saturated carbocycles. The van der Waals surface area contributed by atoms with Crippen molar-refractivity contribution >= 4 is 11.6 Å². The van der Waals surface area contributed by atoms with Gasteiger partial charge in [0, 0.05) is 26.8 Å². The lowest BCUT2D eigenvalue weighted by Crippen LogP contribution is -2.45. The Labute approximate surface area is 119 Å². The zero-order chi connectivity index (χ0) is 14.2. The van der Waals surface area contributed by atoms with E-state index in [0.717, 1.165) is 30.8 Å². The van der Waals surface area contributed by atoms with E-state index in [1.54, 1.807) is 7.11 Å². The van der Waals surface area contributed by atoms with Crippen molar-refractivity contribution in [2.45, 2.75) is 12.8 Å². The molecule has 1 aliphatic heterocycles. The van der Waals surface area contributed by atoms with Crippen LogP contribution >= 0.6 is 0 Å². The Bertz CT molecular complexity index is 451. The van der Waals surface area contributed by atoms with Crippen LogP contribution in [0, 0.1) is 0 Å². The average Bonchev–Trinajstić information content (AvgIpc) is 2.70. The van der Waals surface area contributed by atoms with Crippen LogP contribution in [-0.4, -0.2) is 39.4 Å². The van der Waals surface area contributed by atoms with Gasteiger partial charge in [-0.3, -0.25) is 10.4 Å². The number of methoxy groups -OCH3 is 1. The maximum absolute atomic E-state index is 5.73. The van der Waals surface area contributed by atoms with Crippen molar-refractivity contribution in [3.8, 4) is 5.75 Å². The topological polar surface area (TPSA) is 72.1 Å². The summed E-state index contributed by atoms with van der Waals surface area (Å²) in [5, 5.41) is 0. The minimum atomic E-state index is 0.666. The van der Waals surface area contributed by atoms with Crippen LogP contribution in [0.4, 0.5) is 5.69 Å². The highest BCUT2D eigenvalue weighted by Gasteiger charge is 2.19. The van der Waals surface area contributed by atoms with Crippen molar-refractivity contribution in [2.75, 3.05) is 38.3 Å². The van der Waals surface area contributed by atoms with Crippen molar-refractivity contribution in [1.82, 2.24) is 5.43 Å². The smallest absolute Gasteiger partial charge is 0.213 e. The lowest BCUT2D eigenvalue weighted by molar-refractivity contribution is 0.197. The number of nitrogens with zero attached hydrogens (tertiary/aromatic N) is 2. The highest BCUT2D eigenvalue weighted by atomic mass is 16.5. The number of hydrogen-bond donors (Lipinski definition) is 2. The van der Waals surface area contributed by atoms with Gasteiger partial charge >= 0.3 is 0 Å². The summed E-state index contributed by atoms with van der Waals surface area (Å²) in [7, 11) is 1.69. The largest absolute Gasteiger partial charge is 0.491 e. The van der Waals surface area contributed by atoms with Crippen molar-refractivity contribution < 1.29 is 9.47 Å². The molecule has 1 aliphatic rings. The summed E-state index contributed by atoms with van der Waals surface area (Å²) in [5.41, 5.74) is 3.69. The van der Waals surface area contributed by atoms with Crippen LogP contribution < -0.4 is 20.9 Å². The minimum absolute atomic E-state index is 0.666. The van der Waals surface area contributed by atoms with Crippen molar-refractivity contribution in [2.24, 2.45) is 10.8 Å². The molecular formula is C14H22N4O2. The number of rotatable bonds is 4. The molecule has 0 bridgehead atoms. The highest BCUT2D eigenvalue weighted by Crippen LogP contribution is 2.30. The van der Waals surface area contributed by atoms with E-state index in [9.17, 15) is 0 Å². The Morgan fingerprint density at radius 3 is 3.15 bits per heavy atom. The molecule has 1 aromatic rings. The Kier molecular flexibility index (Phi) is 5.64. The van der Waals surface area contributed by atoms with Crippen LogP contribution in [0.5, 0.6) is 5.75 Å². The highest BCUT2D eigenvalue weighted by molar-refractivity contribution is 5.97. The van der Waals surface area contributed by atoms with Gasteiger partial charge in [0.1, 0.15) is 5.75 Å². The van der Waals surface area contributed by atoms with E-state index in [1.807, 2.05) is 24.3 Å². The van der Waals surface area contributed by atoms with E-state index in [0.29, 0.717) is 25.7 Å². The number of anilines is 1. The van der Waals surface area contributed by atoms with E-state index in [4.69, 9.17) is 15.3 Å². The fraction of sp³-hybridized carbons (Fsp3) is 0.500. The van der Waals surface area contributed by atoms with E-state index in [1.165, 1.54) is 0 Å². The van der Waals surface area contributed by atoms with Gasteiger partial charge in [0.15, 0.2) is 0 Å². The molecule has 0 unspecified atom stereocenters. The maximum Gasteiger partial charge on any atom is 0.213 e. The second-order valence-corrected chi connectivity index (χ2v) is 4.52. The number of hydrazine groups is 1. The third-order valence-corrected chi connectivity index (χ3v) is 3.09. The second-order valence-electron chi connectivity index (χ2n) is 4.52. The zero-order valence-electron chi connectivity index (χ0n) is 11.8. The summed E-state index contributed by atoms with van der Waals surface area (Å²) in [6.07, 6.45) is 1.79. The fourth-order valence-corrected chi connectivity index (χ4v) is 2.15. The van der Waals surface area contributed by atoms with Crippen molar-refractivity contribution in [3.05, 3.63) is 24.3 Å². The Balaban J connectivity index is 2.16. The summed E-state index contributed by atoms with van der Waals surface area (Å²) < 4.78 is 10.8. The van der Waals surface area contributed by atoms with Crippen LogP contribution in [0.25, 0.3) is 0 Å². The number of benzene rings is 1. The molecule has 1 aromatic carbocycles. The van der Waals surface area contributed by atoms with E-state index in [2.05, 4.69) is 15.3 Å². The molecule has 0 fully saturated rings.